The minimum absolute atomic E-state index is 0.0128. The Hall–Kier alpha value is -3.42. The Balaban J connectivity index is 1.56. The van der Waals surface area contributed by atoms with E-state index in [1.165, 1.54) is 4.90 Å². The van der Waals surface area contributed by atoms with Gasteiger partial charge in [0.05, 0.1) is 19.2 Å². The van der Waals surface area contributed by atoms with Crippen LogP contribution in [0.4, 0.5) is 11.4 Å². The molecule has 1 fully saturated rings. The molecule has 174 valence electrons. The molecule has 6 nitrogen and oxygen atoms in total. The highest BCUT2D eigenvalue weighted by Crippen LogP contribution is 2.29. The van der Waals surface area contributed by atoms with Gasteiger partial charge in [0.1, 0.15) is 11.8 Å². The summed E-state index contributed by atoms with van der Waals surface area (Å²) in [6, 6.07) is 23.1. The van der Waals surface area contributed by atoms with E-state index in [0.717, 1.165) is 5.56 Å². The highest BCUT2D eigenvalue weighted by molar-refractivity contribution is 7.80. The number of methoxy groups -OCH3 is 1. The number of amides is 2. The molecule has 0 aliphatic carbocycles. The van der Waals surface area contributed by atoms with Crippen LogP contribution in [0, 0.1) is 0 Å². The number of benzene rings is 3. The van der Waals surface area contributed by atoms with Gasteiger partial charge < -0.3 is 15.0 Å². The molecule has 1 heterocycles. The standard InChI is InChI=1S/C26H24ClN3O3S/c1-33-22-13-11-21(12-14-22)30-25(32)23(17-24(31)28-20-5-3-2-4-6-20)29(26(30)34)16-15-18-7-9-19(27)10-8-18/h2-14,23H,15-17H2,1H3,(H,28,31)/t23-/m1/s1. The molecule has 4 rings (SSSR count). The third kappa shape index (κ3) is 5.38. The van der Waals surface area contributed by atoms with E-state index >= 15 is 0 Å². The zero-order valence-corrected chi connectivity index (χ0v) is 20.2. The fourth-order valence-electron chi connectivity index (χ4n) is 3.87. The van der Waals surface area contributed by atoms with Gasteiger partial charge in [-0.2, -0.15) is 0 Å². The summed E-state index contributed by atoms with van der Waals surface area (Å²) in [5, 5.41) is 3.90. The fourth-order valence-corrected chi connectivity index (χ4v) is 4.41. The van der Waals surface area contributed by atoms with Gasteiger partial charge in [-0.05, 0) is 72.7 Å². The smallest absolute Gasteiger partial charge is 0.256 e. The lowest BCUT2D eigenvalue weighted by Crippen LogP contribution is -2.39. The monoisotopic (exact) mass is 493 g/mol. The van der Waals surface area contributed by atoms with E-state index < -0.39 is 6.04 Å². The lowest BCUT2D eigenvalue weighted by Gasteiger charge is -2.24. The molecule has 34 heavy (non-hydrogen) atoms. The van der Waals surface area contributed by atoms with Crippen molar-refractivity contribution in [2.45, 2.75) is 18.9 Å². The lowest BCUT2D eigenvalue weighted by molar-refractivity contribution is -0.124. The van der Waals surface area contributed by atoms with Gasteiger partial charge in [0.15, 0.2) is 5.11 Å². The summed E-state index contributed by atoms with van der Waals surface area (Å²) < 4.78 is 5.22. The minimum atomic E-state index is -0.703. The van der Waals surface area contributed by atoms with Crippen LogP contribution in [0.5, 0.6) is 5.75 Å². The van der Waals surface area contributed by atoms with Crippen LogP contribution in [0.3, 0.4) is 0 Å². The number of carbonyl (C=O) groups is 2. The molecule has 1 saturated heterocycles. The van der Waals surface area contributed by atoms with Crippen molar-refractivity contribution in [3.05, 3.63) is 89.4 Å². The van der Waals surface area contributed by atoms with Gasteiger partial charge in [-0.3, -0.25) is 14.5 Å². The van der Waals surface area contributed by atoms with E-state index in [0.29, 0.717) is 40.2 Å². The maximum atomic E-state index is 13.5. The average molecular weight is 494 g/mol. The number of ether oxygens (including phenoxy) is 1. The van der Waals surface area contributed by atoms with Gasteiger partial charge in [0.25, 0.3) is 5.91 Å². The molecule has 1 N–H and O–H groups in total. The van der Waals surface area contributed by atoms with E-state index in [1.807, 2.05) is 47.4 Å². The summed E-state index contributed by atoms with van der Waals surface area (Å²) >= 11 is 11.7. The van der Waals surface area contributed by atoms with Gasteiger partial charge >= 0.3 is 0 Å². The van der Waals surface area contributed by atoms with Gasteiger partial charge in [0, 0.05) is 17.3 Å². The molecule has 0 bridgehead atoms. The maximum Gasteiger partial charge on any atom is 0.256 e. The van der Waals surface area contributed by atoms with E-state index in [4.69, 9.17) is 28.6 Å². The summed E-state index contributed by atoms with van der Waals surface area (Å²) in [5.74, 6) is 0.203. The first-order valence-electron chi connectivity index (χ1n) is 10.8. The van der Waals surface area contributed by atoms with Gasteiger partial charge in [0.2, 0.25) is 5.91 Å². The van der Waals surface area contributed by atoms with Gasteiger partial charge in [-0.1, -0.05) is 41.9 Å². The molecule has 0 saturated carbocycles. The third-order valence-corrected chi connectivity index (χ3v) is 6.31. The van der Waals surface area contributed by atoms with Gasteiger partial charge in [-0.25, -0.2) is 0 Å². The summed E-state index contributed by atoms with van der Waals surface area (Å²) in [6.45, 7) is 0.488. The van der Waals surface area contributed by atoms with Crippen LogP contribution in [-0.4, -0.2) is 41.5 Å². The van der Waals surface area contributed by atoms with Crippen molar-refractivity contribution in [3.63, 3.8) is 0 Å². The van der Waals surface area contributed by atoms with E-state index in [-0.39, 0.29) is 18.2 Å². The number of para-hydroxylation sites is 1. The zero-order valence-electron chi connectivity index (χ0n) is 18.6. The second-order valence-corrected chi connectivity index (χ2v) is 8.66. The molecule has 1 aliphatic heterocycles. The Bertz CT molecular complexity index is 1170. The average Bonchev–Trinajstić information content (AvgIpc) is 3.08. The van der Waals surface area contributed by atoms with Crippen LogP contribution in [0.1, 0.15) is 12.0 Å². The Morgan fingerprint density at radius 1 is 1.03 bits per heavy atom. The molecule has 3 aromatic rings. The number of hydrogen-bond acceptors (Lipinski definition) is 4. The number of rotatable bonds is 8. The first kappa shape index (κ1) is 23.7. The SMILES string of the molecule is COc1ccc(N2C(=O)[C@@H](CC(=O)Nc3ccccc3)N(CCc3ccc(Cl)cc3)C2=S)cc1. The number of hydrogen-bond donors (Lipinski definition) is 1. The zero-order chi connectivity index (χ0) is 24.1. The predicted octanol–water partition coefficient (Wildman–Crippen LogP) is 4.92. The molecule has 2 amide bonds. The second-order valence-electron chi connectivity index (χ2n) is 7.86. The van der Waals surface area contributed by atoms with Crippen LogP contribution in [0.15, 0.2) is 78.9 Å². The van der Waals surface area contributed by atoms with Crippen molar-refractivity contribution >= 4 is 52.1 Å². The molecule has 0 radical (unpaired) electrons. The van der Waals surface area contributed by atoms with Crippen LogP contribution in [-0.2, 0) is 16.0 Å². The maximum absolute atomic E-state index is 13.5. The molecule has 8 heteroatoms. The van der Waals surface area contributed by atoms with Crippen molar-refractivity contribution in [2.75, 3.05) is 23.9 Å². The van der Waals surface area contributed by atoms with Gasteiger partial charge in [-0.15, -0.1) is 0 Å². The number of thiocarbonyl (C=S) groups is 1. The third-order valence-electron chi connectivity index (χ3n) is 5.64. The summed E-state index contributed by atoms with van der Waals surface area (Å²) in [7, 11) is 1.58. The topological polar surface area (TPSA) is 61.9 Å². The highest BCUT2D eigenvalue weighted by Gasteiger charge is 2.43. The number of halogens is 1. The van der Waals surface area contributed by atoms with E-state index in [2.05, 4.69) is 5.32 Å². The number of nitrogens with one attached hydrogen (secondary N) is 1. The summed E-state index contributed by atoms with van der Waals surface area (Å²) in [5.41, 5.74) is 2.38. The van der Waals surface area contributed by atoms with Crippen LogP contribution in [0.2, 0.25) is 5.02 Å². The van der Waals surface area contributed by atoms with Crippen molar-refractivity contribution in [1.29, 1.82) is 0 Å². The Morgan fingerprint density at radius 2 is 1.71 bits per heavy atom. The molecule has 1 atom stereocenters. The quantitative estimate of drug-likeness (QED) is 0.451. The van der Waals surface area contributed by atoms with E-state index in [9.17, 15) is 9.59 Å². The number of nitrogens with zero attached hydrogens (tertiary/aromatic N) is 2. The van der Waals surface area contributed by atoms with Crippen LogP contribution < -0.4 is 15.0 Å². The first-order valence-corrected chi connectivity index (χ1v) is 11.6. The molecule has 3 aromatic carbocycles. The molecule has 0 aromatic heterocycles. The lowest BCUT2D eigenvalue weighted by atomic mass is 10.1. The number of anilines is 2. The number of carbonyl (C=O) groups excluding carboxylic acids is 2. The van der Waals surface area contributed by atoms with Crippen LogP contribution >= 0.6 is 23.8 Å². The molecule has 1 aliphatic rings. The molecular weight excluding hydrogens is 470 g/mol. The Kier molecular flexibility index (Phi) is 7.45. The second kappa shape index (κ2) is 10.7. The first-order chi connectivity index (χ1) is 16.5. The molecule has 0 spiro atoms. The largest absolute Gasteiger partial charge is 0.497 e. The Morgan fingerprint density at radius 3 is 2.35 bits per heavy atom. The fraction of sp³-hybridized carbons (Fsp3) is 0.192. The Labute approximate surface area is 209 Å². The van der Waals surface area contributed by atoms with Crippen molar-refractivity contribution in [2.24, 2.45) is 0 Å². The summed E-state index contributed by atoms with van der Waals surface area (Å²) in [4.78, 5) is 29.6. The van der Waals surface area contributed by atoms with Crippen molar-refractivity contribution < 1.29 is 14.3 Å². The normalized spacial score (nSPS) is 15.5. The van der Waals surface area contributed by atoms with Crippen molar-refractivity contribution in [1.82, 2.24) is 4.90 Å². The van der Waals surface area contributed by atoms with E-state index in [1.54, 1.807) is 43.5 Å². The van der Waals surface area contributed by atoms with Crippen molar-refractivity contribution in [3.8, 4) is 5.75 Å². The summed E-state index contributed by atoms with van der Waals surface area (Å²) in [6.07, 6.45) is 0.638. The van der Waals surface area contributed by atoms with Crippen LogP contribution in [0.25, 0.3) is 0 Å². The molecular formula is C26H24ClN3O3S. The molecule has 0 unspecified atom stereocenters. The minimum Gasteiger partial charge on any atom is -0.497 e. The highest BCUT2D eigenvalue weighted by atomic mass is 35.5. The predicted molar refractivity (Wildman–Crippen MR) is 138 cm³/mol.